The molecule has 0 bridgehead atoms. The Hall–Kier alpha value is -0.870. The highest BCUT2D eigenvalue weighted by molar-refractivity contribution is 7.14. The zero-order valence-corrected chi connectivity index (χ0v) is 11.6. The van der Waals surface area contributed by atoms with Gasteiger partial charge in [0.05, 0.1) is 23.6 Å². The van der Waals surface area contributed by atoms with Crippen molar-refractivity contribution in [2.45, 2.75) is 39.8 Å². The number of hydrogen-bond donors (Lipinski definition) is 0. The van der Waals surface area contributed by atoms with Gasteiger partial charge in [0, 0.05) is 11.4 Å². The van der Waals surface area contributed by atoms with E-state index >= 15 is 0 Å². The van der Waals surface area contributed by atoms with Crippen molar-refractivity contribution in [2.24, 2.45) is 0 Å². The van der Waals surface area contributed by atoms with Crippen molar-refractivity contribution in [3.63, 3.8) is 0 Å². The molecule has 0 saturated carbocycles. The summed E-state index contributed by atoms with van der Waals surface area (Å²) in [6, 6.07) is 2.16. The number of thiophene rings is 1. The number of hydrogen-bond acceptors (Lipinski definition) is 3. The van der Waals surface area contributed by atoms with E-state index in [1.54, 1.807) is 11.3 Å². The summed E-state index contributed by atoms with van der Waals surface area (Å²) in [6.07, 6.45) is 0.136. The van der Waals surface area contributed by atoms with E-state index in [-0.39, 0.29) is 18.1 Å². The fraction of sp³-hybridized carbons (Fsp3) is 0.615. The Morgan fingerprint density at radius 2 is 2.18 bits per heavy atom. The molecule has 2 rings (SSSR count). The van der Waals surface area contributed by atoms with Crippen LogP contribution in [0.2, 0.25) is 0 Å². The maximum atomic E-state index is 12.4. The van der Waals surface area contributed by atoms with Crippen LogP contribution in [0.25, 0.3) is 0 Å². The summed E-state index contributed by atoms with van der Waals surface area (Å²) in [6.45, 7) is 9.48. The van der Waals surface area contributed by atoms with E-state index in [9.17, 15) is 4.79 Å². The number of ether oxygens (including phenoxy) is 1. The molecule has 1 amide bonds. The standard InChI is InChI=1S/C13H19NO2S/c1-8-5-12(17-11(8)4)13(15)14-6-10(3)16-7-9(14)2/h5,9-10H,6-7H2,1-4H3. The molecule has 0 aliphatic carbocycles. The Balaban J connectivity index is 2.18. The molecule has 2 unspecified atom stereocenters. The average molecular weight is 253 g/mol. The molecule has 1 fully saturated rings. The lowest BCUT2D eigenvalue weighted by Crippen LogP contribution is -2.50. The first kappa shape index (κ1) is 12.6. The number of carbonyl (C=O) groups excluding carboxylic acids is 1. The maximum absolute atomic E-state index is 12.4. The molecule has 1 aliphatic rings. The second kappa shape index (κ2) is 4.78. The first-order chi connectivity index (χ1) is 7.99. The van der Waals surface area contributed by atoms with Crippen molar-refractivity contribution < 1.29 is 9.53 Å². The normalized spacial score (nSPS) is 25.1. The van der Waals surface area contributed by atoms with Crippen LogP contribution < -0.4 is 0 Å². The van der Waals surface area contributed by atoms with Gasteiger partial charge in [0.25, 0.3) is 5.91 Å². The molecule has 94 valence electrons. The first-order valence-corrected chi connectivity index (χ1v) is 6.80. The predicted octanol–water partition coefficient (Wildman–Crippen LogP) is 2.61. The van der Waals surface area contributed by atoms with Gasteiger partial charge in [0.2, 0.25) is 0 Å². The molecule has 0 aromatic carbocycles. The van der Waals surface area contributed by atoms with Crippen molar-refractivity contribution in [3.8, 4) is 0 Å². The lowest BCUT2D eigenvalue weighted by atomic mass is 10.2. The number of aryl methyl sites for hydroxylation is 2. The lowest BCUT2D eigenvalue weighted by molar-refractivity contribution is -0.0385. The third kappa shape index (κ3) is 2.53. The molecule has 1 aliphatic heterocycles. The maximum Gasteiger partial charge on any atom is 0.264 e. The summed E-state index contributed by atoms with van der Waals surface area (Å²) < 4.78 is 5.54. The van der Waals surface area contributed by atoms with Gasteiger partial charge in [0.1, 0.15) is 0 Å². The van der Waals surface area contributed by atoms with Gasteiger partial charge in [-0.2, -0.15) is 0 Å². The molecule has 1 saturated heterocycles. The Labute approximate surface area is 106 Å². The van der Waals surface area contributed by atoms with Gasteiger partial charge in [-0.3, -0.25) is 4.79 Å². The van der Waals surface area contributed by atoms with Crippen LogP contribution in [0.15, 0.2) is 6.07 Å². The highest BCUT2D eigenvalue weighted by atomic mass is 32.1. The molecule has 1 aromatic heterocycles. The van der Waals surface area contributed by atoms with Gasteiger partial charge in [0.15, 0.2) is 0 Å². The highest BCUT2D eigenvalue weighted by Crippen LogP contribution is 2.24. The fourth-order valence-electron chi connectivity index (χ4n) is 2.01. The molecule has 0 spiro atoms. The zero-order valence-electron chi connectivity index (χ0n) is 10.8. The van der Waals surface area contributed by atoms with E-state index in [0.29, 0.717) is 13.2 Å². The molecule has 2 heterocycles. The monoisotopic (exact) mass is 253 g/mol. The Bertz CT molecular complexity index is 408. The SMILES string of the molecule is Cc1cc(C(=O)N2CC(C)OCC2C)sc1C. The molecule has 0 radical (unpaired) electrons. The molecule has 17 heavy (non-hydrogen) atoms. The van der Waals surface area contributed by atoms with Gasteiger partial charge in [-0.25, -0.2) is 0 Å². The topological polar surface area (TPSA) is 29.5 Å². The van der Waals surface area contributed by atoms with E-state index in [0.717, 1.165) is 4.88 Å². The van der Waals surface area contributed by atoms with Crippen molar-refractivity contribution in [3.05, 3.63) is 21.4 Å². The Morgan fingerprint density at radius 1 is 1.47 bits per heavy atom. The second-order valence-electron chi connectivity index (χ2n) is 4.80. The van der Waals surface area contributed by atoms with Crippen LogP contribution in [0.4, 0.5) is 0 Å². The average Bonchev–Trinajstić information content (AvgIpc) is 2.62. The van der Waals surface area contributed by atoms with Gasteiger partial charge in [-0.1, -0.05) is 0 Å². The molecular formula is C13H19NO2S. The Kier molecular flexibility index (Phi) is 3.54. The minimum atomic E-state index is 0.136. The summed E-state index contributed by atoms with van der Waals surface area (Å²) in [5, 5.41) is 0. The van der Waals surface area contributed by atoms with Crippen molar-refractivity contribution in [1.29, 1.82) is 0 Å². The van der Waals surface area contributed by atoms with Crippen molar-refractivity contribution >= 4 is 17.2 Å². The van der Waals surface area contributed by atoms with Gasteiger partial charge in [-0.15, -0.1) is 11.3 Å². The minimum Gasteiger partial charge on any atom is -0.375 e. The largest absolute Gasteiger partial charge is 0.375 e. The van der Waals surface area contributed by atoms with Crippen LogP contribution >= 0.6 is 11.3 Å². The molecule has 3 nitrogen and oxygen atoms in total. The van der Waals surface area contributed by atoms with Crippen LogP contribution in [0, 0.1) is 13.8 Å². The summed E-state index contributed by atoms with van der Waals surface area (Å²) >= 11 is 1.59. The molecular weight excluding hydrogens is 234 g/mol. The van der Waals surface area contributed by atoms with Crippen molar-refractivity contribution in [2.75, 3.05) is 13.2 Å². The smallest absolute Gasteiger partial charge is 0.264 e. The molecule has 1 aromatic rings. The summed E-state index contributed by atoms with van der Waals surface area (Å²) in [5.41, 5.74) is 1.20. The first-order valence-electron chi connectivity index (χ1n) is 5.98. The third-order valence-corrected chi connectivity index (χ3v) is 4.39. The van der Waals surface area contributed by atoms with Gasteiger partial charge in [-0.05, 0) is 39.3 Å². The van der Waals surface area contributed by atoms with E-state index in [1.165, 1.54) is 10.4 Å². The third-order valence-electron chi connectivity index (χ3n) is 3.25. The fourth-order valence-corrected chi connectivity index (χ4v) is 3.00. The zero-order chi connectivity index (χ0) is 12.6. The van der Waals surface area contributed by atoms with E-state index < -0.39 is 0 Å². The molecule has 4 heteroatoms. The van der Waals surface area contributed by atoms with Crippen LogP contribution in [-0.2, 0) is 4.74 Å². The number of rotatable bonds is 1. The van der Waals surface area contributed by atoms with Crippen molar-refractivity contribution in [1.82, 2.24) is 4.90 Å². The van der Waals surface area contributed by atoms with Crippen LogP contribution in [0.3, 0.4) is 0 Å². The number of carbonyl (C=O) groups is 1. The van der Waals surface area contributed by atoms with E-state index in [2.05, 4.69) is 6.92 Å². The summed E-state index contributed by atoms with van der Waals surface area (Å²) in [7, 11) is 0. The Morgan fingerprint density at radius 3 is 2.76 bits per heavy atom. The van der Waals surface area contributed by atoms with E-state index in [4.69, 9.17) is 4.74 Å². The van der Waals surface area contributed by atoms with Crippen LogP contribution in [0.5, 0.6) is 0 Å². The number of amides is 1. The van der Waals surface area contributed by atoms with Crippen LogP contribution in [-0.4, -0.2) is 36.1 Å². The van der Waals surface area contributed by atoms with Gasteiger partial charge < -0.3 is 9.64 Å². The summed E-state index contributed by atoms with van der Waals surface area (Å²) in [4.78, 5) is 16.4. The lowest BCUT2D eigenvalue weighted by Gasteiger charge is -2.36. The highest BCUT2D eigenvalue weighted by Gasteiger charge is 2.29. The quantitative estimate of drug-likeness (QED) is 0.770. The number of nitrogens with zero attached hydrogens (tertiary/aromatic N) is 1. The summed E-state index contributed by atoms with van der Waals surface area (Å²) in [5.74, 6) is 0.147. The molecule has 0 N–H and O–H groups in total. The minimum absolute atomic E-state index is 0.136. The number of morpholine rings is 1. The second-order valence-corrected chi connectivity index (χ2v) is 6.06. The van der Waals surface area contributed by atoms with Gasteiger partial charge >= 0.3 is 0 Å². The molecule has 2 atom stereocenters. The van der Waals surface area contributed by atoms with E-state index in [1.807, 2.05) is 31.7 Å². The predicted molar refractivity (Wildman–Crippen MR) is 69.7 cm³/mol. The van der Waals surface area contributed by atoms with Crippen LogP contribution in [0.1, 0.15) is 34.0 Å².